The van der Waals surface area contributed by atoms with Gasteiger partial charge in [0.2, 0.25) is 5.01 Å². The molecule has 1 heterocycles. The van der Waals surface area contributed by atoms with Crippen LogP contribution in [0.2, 0.25) is 0 Å². The van der Waals surface area contributed by atoms with Crippen molar-refractivity contribution in [3.63, 3.8) is 0 Å². The molecule has 13 heavy (non-hydrogen) atoms. The average molecular weight is 200 g/mol. The van der Waals surface area contributed by atoms with Crippen molar-refractivity contribution in [1.29, 1.82) is 0 Å². The second kappa shape index (κ2) is 3.85. The molecule has 5 heteroatoms. The van der Waals surface area contributed by atoms with Gasteiger partial charge in [-0.1, -0.05) is 0 Å². The van der Waals surface area contributed by atoms with E-state index < -0.39 is 5.97 Å². The Labute approximate surface area is 80.8 Å². The Morgan fingerprint density at radius 2 is 2.23 bits per heavy atom. The van der Waals surface area contributed by atoms with Gasteiger partial charge in [-0.2, -0.15) is 0 Å². The molecular formula is C8H12N2O2S. The molecule has 1 rings (SSSR count). The molecule has 0 aliphatic carbocycles. The zero-order valence-electron chi connectivity index (χ0n) is 7.87. The number of rotatable bonds is 3. The Hall–Kier alpha value is -0.940. The first-order valence-electron chi connectivity index (χ1n) is 3.85. The van der Waals surface area contributed by atoms with Crippen LogP contribution in [0, 0.1) is 6.92 Å². The van der Waals surface area contributed by atoms with Crippen LogP contribution in [-0.4, -0.2) is 35.1 Å². The largest absolute Gasteiger partial charge is 0.476 e. The third kappa shape index (κ3) is 2.50. The van der Waals surface area contributed by atoms with Crippen molar-refractivity contribution in [2.45, 2.75) is 13.5 Å². The normalized spacial score (nSPS) is 10.8. The molecule has 0 bridgehead atoms. The summed E-state index contributed by atoms with van der Waals surface area (Å²) in [4.78, 5) is 17.6. The van der Waals surface area contributed by atoms with Gasteiger partial charge in [0, 0.05) is 11.4 Å². The lowest BCUT2D eigenvalue weighted by Gasteiger charge is -2.06. The van der Waals surface area contributed by atoms with Gasteiger partial charge in [-0.15, -0.1) is 11.3 Å². The fourth-order valence-electron chi connectivity index (χ4n) is 0.953. The van der Waals surface area contributed by atoms with Crippen molar-refractivity contribution in [3.05, 3.63) is 15.6 Å². The number of hydrogen-bond donors (Lipinski definition) is 1. The molecule has 0 fully saturated rings. The number of thiazole rings is 1. The van der Waals surface area contributed by atoms with Gasteiger partial charge in [0.1, 0.15) is 0 Å². The molecular weight excluding hydrogens is 188 g/mol. The first kappa shape index (κ1) is 10.1. The molecule has 0 amide bonds. The number of aryl methyl sites for hydroxylation is 1. The number of aromatic carboxylic acids is 1. The summed E-state index contributed by atoms with van der Waals surface area (Å²) in [6, 6.07) is 0. The van der Waals surface area contributed by atoms with Crippen LogP contribution < -0.4 is 0 Å². The molecule has 0 atom stereocenters. The van der Waals surface area contributed by atoms with Crippen LogP contribution in [0.25, 0.3) is 0 Å². The van der Waals surface area contributed by atoms with Crippen LogP contribution in [0.5, 0.6) is 0 Å². The van der Waals surface area contributed by atoms with Crippen LogP contribution in [0.3, 0.4) is 0 Å². The molecule has 4 nitrogen and oxygen atoms in total. The molecule has 0 aliphatic heterocycles. The number of nitrogens with zero attached hydrogens (tertiary/aromatic N) is 2. The molecule has 0 saturated heterocycles. The fraction of sp³-hybridized carbons (Fsp3) is 0.500. The Morgan fingerprint density at radius 3 is 2.62 bits per heavy atom. The molecule has 0 aromatic carbocycles. The van der Waals surface area contributed by atoms with E-state index in [1.165, 1.54) is 11.3 Å². The maximum absolute atomic E-state index is 10.6. The Balaban J connectivity index is 2.90. The van der Waals surface area contributed by atoms with Gasteiger partial charge < -0.3 is 10.0 Å². The average Bonchev–Trinajstić information content (AvgIpc) is 2.31. The van der Waals surface area contributed by atoms with Gasteiger partial charge in [0.15, 0.2) is 0 Å². The fourth-order valence-corrected chi connectivity index (χ4v) is 1.97. The van der Waals surface area contributed by atoms with Crippen molar-refractivity contribution >= 4 is 17.3 Å². The predicted molar refractivity (Wildman–Crippen MR) is 51.2 cm³/mol. The quantitative estimate of drug-likeness (QED) is 0.796. The van der Waals surface area contributed by atoms with Crippen molar-refractivity contribution in [3.8, 4) is 0 Å². The van der Waals surface area contributed by atoms with E-state index in [2.05, 4.69) is 4.98 Å². The number of aromatic nitrogens is 1. The summed E-state index contributed by atoms with van der Waals surface area (Å²) in [6.07, 6.45) is 0. The Kier molecular flexibility index (Phi) is 3.00. The minimum Gasteiger partial charge on any atom is -0.476 e. The van der Waals surface area contributed by atoms with E-state index >= 15 is 0 Å². The third-order valence-corrected chi connectivity index (χ3v) is 2.67. The van der Waals surface area contributed by atoms with Crippen LogP contribution >= 0.6 is 11.3 Å². The predicted octanol–water partition coefficient (Wildman–Crippen LogP) is 1.21. The van der Waals surface area contributed by atoms with Gasteiger partial charge in [0.25, 0.3) is 0 Å². The zero-order chi connectivity index (χ0) is 10.0. The third-order valence-electron chi connectivity index (χ3n) is 1.54. The van der Waals surface area contributed by atoms with Gasteiger partial charge >= 0.3 is 5.97 Å². The summed E-state index contributed by atoms with van der Waals surface area (Å²) >= 11 is 1.24. The molecule has 0 spiro atoms. The highest BCUT2D eigenvalue weighted by Crippen LogP contribution is 2.18. The van der Waals surface area contributed by atoms with E-state index in [0.717, 1.165) is 17.1 Å². The molecule has 0 unspecified atom stereocenters. The van der Waals surface area contributed by atoms with E-state index in [0.29, 0.717) is 0 Å². The van der Waals surface area contributed by atoms with Crippen LogP contribution in [-0.2, 0) is 6.54 Å². The van der Waals surface area contributed by atoms with Crippen LogP contribution in [0.4, 0.5) is 0 Å². The zero-order valence-corrected chi connectivity index (χ0v) is 8.68. The van der Waals surface area contributed by atoms with Crippen LogP contribution in [0.15, 0.2) is 0 Å². The topological polar surface area (TPSA) is 53.4 Å². The van der Waals surface area contributed by atoms with E-state index in [1.807, 2.05) is 25.9 Å². The summed E-state index contributed by atoms with van der Waals surface area (Å²) in [5, 5.41) is 8.87. The second-order valence-electron chi connectivity index (χ2n) is 3.07. The smallest absolute Gasteiger partial charge is 0.365 e. The Bertz CT molecular complexity index is 320. The van der Waals surface area contributed by atoms with E-state index in [4.69, 9.17) is 5.11 Å². The highest BCUT2D eigenvalue weighted by Gasteiger charge is 2.12. The standard InChI is InChI=1S/C8H12N2O2S/c1-5-6(4-10(2)3)13-7(9-5)8(11)12/h4H2,1-3H3,(H,11,12). The van der Waals surface area contributed by atoms with Crippen molar-refractivity contribution < 1.29 is 9.90 Å². The summed E-state index contributed by atoms with van der Waals surface area (Å²) in [7, 11) is 3.89. The summed E-state index contributed by atoms with van der Waals surface area (Å²) in [5.74, 6) is -0.946. The van der Waals surface area contributed by atoms with Crippen molar-refractivity contribution in [1.82, 2.24) is 9.88 Å². The maximum Gasteiger partial charge on any atom is 0.365 e. The summed E-state index contributed by atoms with van der Waals surface area (Å²) in [5.41, 5.74) is 0.816. The molecule has 1 aromatic rings. The molecule has 0 aliphatic rings. The van der Waals surface area contributed by atoms with Gasteiger partial charge in [0.05, 0.1) is 5.69 Å². The summed E-state index contributed by atoms with van der Waals surface area (Å²) < 4.78 is 0. The number of carboxylic acid groups (broad SMARTS) is 1. The monoisotopic (exact) mass is 200 g/mol. The molecule has 0 saturated carbocycles. The SMILES string of the molecule is Cc1nc(C(=O)O)sc1CN(C)C. The van der Waals surface area contributed by atoms with E-state index in [9.17, 15) is 4.79 Å². The molecule has 72 valence electrons. The summed E-state index contributed by atoms with van der Waals surface area (Å²) in [6.45, 7) is 2.58. The lowest BCUT2D eigenvalue weighted by atomic mass is 10.4. The number of carbonyl (C=O) groups is 1. The molecule has 0 radical (unpaired) electrons. The molecule has 1 N–H and O–H groups in total. The van der Waals surface area contributed by atoms with Gasteiger partial charge in [-0.3, -0.25) is 0 Å². The van der Waals surface area contributed by atoms with Gasteiger partial charge in [-0.05, 0) is 21.0 Å². The van der Waals surface area contributed by atoms with Gasteiger partial charge in [-0.25, -0.2) is 9.78 Å². The molecule has 1 aromatic heterocycles. The first-order chi connectivity index (χ1) is 6.00. The lowest BCUT2D eigenvalue weighted by molar-refractivity contribution is 0.0696. The van der Waals surface area contributed by atoms with E-state index in [-0.39, 0.29) is 5.01 Å². The highest BCUT2D eigenvalue weighted by molar-refractivity contribution is 7.13. The van der Waals surface area contributed by atoms with Crippen LogP contribution in [0.1, 0.15) is 20.4 Å². The first-order valence-corrected chi connectivity index (χ1v) is 4.66. The highest BCUT2D eigenvalue weighted by atomic mass is 32.1. The lowest BCUT2D eigenvalue weighted by Crippen LogP contribution is -2.10. The van der Waals surface area contributed by atoms with E-state index in [1.54, 1.807) is 0 Å². The minimum absolute atomic E-state index is 0.175. The maximum atomic E-state index is 10.6. The Morgan fingerprint density at radius 1 is 1.62 bits per heavy atom. The second-order valence-corrected chi connectivity index (χ2v) is 4.15. The van der Waals surface area contributed by atoms with Crippen molar-refractivity contribution in [2.75, 3.05) is 14.1 Å². The number of carboxylic acids is 1. The number of hydrogen-bond acceptors (Lipinski definition) is 4. The van der Waals surface area contributed by atoms with Crippen molar-refractivity contribution in [2.24, 2.45) is 0 Å². The minimum atomic E-state index is -0.946.